The molecule has 0 atom stereocenters. The van der Waals surface area contributed by atoms with Gasteiger partial charge in [-0.15, -0.1) is 0 Å². The van der Waals surface area contributed by atoms with Crippen LogP contribution in [0.5, 0.6) is 0 Å². The molecule has 0 bridgehead atoms. The predicted octanol–water partition coefficient (Wildman–Crippen LogP) is 0.697. The van der Waals surface area contributed by atoms with Gasteiger partial charge >= 0.3 is 0 Å². The van der Waals surface area contributed by atoms with E-state index < -0.39 is 10.0 Å². The van der Waals surface area contributed by atoms with Crippen LogP contribution in [-0.4, -0.2) is 48.6 Å². The van der Waals surface area contributed by atoms with E-state index in [4.69, 9.17) is 9.84 Å². The van der Waals surface area contributed by atoms with Gasteiger partial charge in [0.25, 0.3) is 0 Å². The van der Waals surface area contributed by atoms with E-state index in [-0.39, 0.29) is 17.6 Å². The van der Waals surface area contributed by atoms with Crippen LogP contribution in [0.2, 0.25) is 0 Å². The van der Waals surface area contributed by atoms with E-state index in [1.165, 1.54) is 16.6 Å². The number of aliphatic hydroxyl groups is 1. The Hall–Kier alpha value is -0.890. The molecule has 19 heavy (non-hydrogen) atoms. The van der Waals surface area contributed by atoms with E-state index in [0.717, 1.165) is 12.8 Å². The number of nitrogens with one attached hydrogen (secondary N) is 1. The fraction of sp³-hybridized carbons (Fsp3) is 0.667. The minimum Gasteiger partial charge on any atom is -0.390 e. The van der Waals surface area contributed by atoms with Gasteiger partial charge in [0.15, 0.2) is 0 Å². The Morgan fingerprint density at radius 2 is 2.16 bits per heavy atom. The smallest absolute Gasteiger partial charge is 0.244 e. The monoisotopic (exact) mass is 288 g/mol. The van der Waals surface area contributed by atoms with E-state index in [9.17, 15) is 8.42 Å². The maximum atomic E-state index is 12.4. The van der Waals surface area contributed by atoms with E-state index in [2.05, 4.69) is 4.98 Å². The molecule has 1 saturated heterocycles. The maximum Gasteiger partial charge on any atom is 0.244 e. The van der Waals surface area contributed by atoms with E-state index >= 15 is 0 Å². The molecule has 0 saturated carbocycles. The van der Waals surface area contributed by atoms with Gasteiger partial charge in [0, 0.05) is 31.6 Å². The average Bonchev–Trinajstić information content (AvgIpc) is 2.89. The minimum absolute atomic E-state index is 0.163. The lowest BCUT2D eigenvalue weighted by Crippen LogP contribution is -2.40. The lowest BCUT2D eigenvalue weighted by Gasteiger charge is -2.30. The van der Waals surface area contributed by atoms with Crippen LogP contribution in [0.4, 0.5) is 0 Å². The van der Waals surface area contributed by atoms with Gasteiger partial charge in [-0.1, -0.05) is 0 Å². The number of piperidine rings is 1. The highest BCUT2D eigenvalue weighted by atomic mass is 32.2. The van der Waals surface area contributed by atoms with Gasteiger partial charge in [-0.2, -0.15) is 4.31 Å². The van der Waals surface area contributed by atoms with Crippen LogP contribution in [0.1, 0.15) is 25.5 Å². The second kappa shape index (κ2) is 6.04. The van der Waals surface area contributed by atoms with Crippen LogP contribution >= 0.6 is 0 Å². The molecule has 0 aliphatic carbocycles. The van der Waals surface area contributed by atoms with Crippen LogP contribution in [0.3, 0.4) is 0 Å². The molecular formula is C12H20N2O4S. The molecule has 1 aromatic rings. The number of aliphatic hydroxyl groups excluding tert-OH is 1. The van der Waals surface area contributed by atoms with Crippen molar-refractivity contribution < 1.29 is 18.3 Å². The van der Waals surface area contributed by atoms with Gasteiger partial charge in [0.2, 0.25) is 10.0 Å². The Kier molecular flexibility index (Phi) is 4.62. The number of hydrogen-bond donors (Lipinski definition) is 2. The summed E-state index contributed by atoms with van der Waals surface area (Å²) in [5.41, 5.74) is 0.503. The van der Waals surface area contributed by atoms with Crippen LogP contribution < -0.4 is 0 Å². The number of aromatic nitrogens is 1. The Bertz CT molecular complexity index is 504. The van der Waals surface area contributed by atoms with Gasteiger partial charge in [-0.05, 0) is 25.8 Å². The first-order valence-electron chi connectivity index (χ1n) is 6.47. The maximum absolute atomic E-state index is 12.4. The van der Waals surface area contributed by atoms with Crippen molar-refractivity contribution in [1.82, 2.24) is 9.29 Å². The number of nitrogens with zero attached hydrogens (tertiary/aromatic N) is 1. The Morgan fingerprint density at radius 3 is 2.68 bits per heavy atom. The molecule has 1 aromatic heterocycles. The number of hydrogen-bond acceptors (Lipinski definition) is 4. The lowest BCUT2D eigenvalue weighted by atomic mass is 10.1. The minimum atomic E-state index is -3.45. The summed E-state index contributed by atoms with van der Waals surface area (Å²) in [5, 5.41) is 8.96. The predicted molar refractivity (Wildman–Crippen MR) is 70.1 cm³/mol. The Morgan fingerprint density at radius 1 is 1.47 bits per heavy atom. The topological polar surface area (TPSA) is 82.6 Å². The zero-order valence-electron chi connectivity index (χ0n) is 11.0. The standard InChI is InChI=1S/C12H20N2O4S/c1-2-18-11-3-5-14(6-4-11)19(16,17)12-7-10(9-15)13-8-12/h7-8,11,13,15H,2-6,9H2,1H3. The summed E-state index contributed by atoms with van der Waals surface area (Å²) in [4.78, 5) is 2.96. The SMILES string of the molecule is CCOC1CCN(S(=O)(=O)c2c[nH]c(CO)c2)CC1. The van der Waals surface area contributed by atoms with Crippen LogP contribution in [0, 0.1) is 0 Å². The molecule has 6 nitrogen and oxygen atoms in total. The van der Waals surface area contributed by atoms with Crippen molar-refractivity contribution in [2.24, 2.45) is 0 Å². The third kappa shape index (κ3) is 3.17. The molecule has 7 heteroatoms. The summed E-state index contributed by atoms with van der Waals surface area (Å²) in [6, 6.07) is 1.48. The molecule has 108 valence electrons. The molecule has 0 aromatic carbocycles. The summed E-state index contributed by atoms with van der Waals surface area (Å²) in [5.74, 6) is 0. The highest BCUT2D eigenvalue weighted by molar-refractivity contribution is 7.89. The third-order valence-electron chi connectivity index (χ3n) is 3.33. The largest absolute Gasteiger partial charge is 0.390 e. The van der Waals surface area contributed by atoms with Crippen molar-refractivity contribution in [3.63, 3.8) is 0 Å². The first-order chi connectivity index (χ1) is 9.07. The van der Waals surface area contributed by atoms with Crippen LogP contribution in [0.15, 0.2) is 17.2 Å². The van der Waals surface area contributed by atoms with Crippen molar-refractivity contribution >= 4 is 10.0 Å². The molecule has 0 amide bonds. The first kappa shape index (κ1) is 14.5. The van der Waals surface area contributed by atoms with Gasteiger partial charge in [-0.3, -0.25) is 0 Å². The highest BCUT2D eigenvalue weighted by Crippen LogP contribution is 2.22. The number of aromatic amines is 1. The Labute approximate surface area is 113 Å². The molecular weight excluding hydrogens is 268 g/mol. The first-order valence-corrected chi connectivity index (χ1v) is 7.92. The molecule has 0 spiro atoms. The summed E-state index contributed by atoms with van der Waals surface area (Å²) in [7, 11) is -3.45. The van der Waals surface area contributed by atoms with Crippen molar-refractivity contribution in [1.29, 1.82) is 0 Å². The molecule has 2 N–H and O–H groups in total. The van der Waals surface area contributed by atoms with Crippen LogP contribution in [0.25, 0.3) is 0 Å². The molecule has 1 aliphatic rings. The highest BCUT2D eigenvalue weighted by Gasteiger charge is 2.30. The zero-order valence-corrected chi connectivity index (χ0v) is 11.8. The molecule has 0 unspecified atom stereocenters. The fourth-order valence-corrected chi connectivity index (χ4v) is 3.77. The molecule has 2 rings (SSSR count). The van der Waals surface area contributed by atoms with E-state index in [1.807, 2.05) is 6.92 Å². The number of H-pyrrole nitrogens is 1. The molecule has 1 aliphatic heterocycles. The second-order valence-electron chi connectivity index (χ2n) is 4.58. The van der Waals surface area contributed by atoms with E-state index in [1.54, 1.807) is 0 Å². The van der Waals surface area contributed by atoms with Crippen molar-refractivity contribution in [2.75, 3.05) is 19.7 Å². The third-order valence-corrected chi connectivity index (χ3v) is 5.20. The second-order valence-corrected chi connectivity index (χ2v) is 6.52. The van der Waals surface area contributed by atoms with Crippen molar-refractivity contribution in [2.45, 2.75) is 37.4 Å². The summed E-state index contributed by atoms with van der Waals surface area (Å²) < 4.78 is 31.7. The fourth-order valence-electron chi connectivity index (χ4n) is 2.28. The van der Waals surface area contributed by atoms with E-state index in [0.29, 0.717) is 25.4 Å². The molecule has 1 fully saturated rings. The summed E-state index contributed by atoms with van der Waals surface area (Å²) in [6.07, 6.45) is 3.04. The van der Waals surface area contributed by atoms with Gasteiger partial charge in [0.05, 0.1) is 17.6 Å². The zero-order chi connectivity index (χ0) is 13.9. The number of ether oxygens (including phenoxy) is 1. The van der Waals surface area contributed by atoms with Crippen molar-refractivity contribution in [3.05, 3.63) is 18.0 Å². The molecule has 0 radical (unpaired) electrons. The number of sulfonamides is 1. The van der Waals surface area contributed by atoms with Crippen LogP contribution in [-0.2, 0) is 21.4 Å². The Balaban J connectivity index is 2.05. The lowest BCUT2D eigenvalue weighted by molar-refractivity contribution is 0.0290. The average molecular weight is 288 g/mol. The molecule has 2 heterocycles. The van der Waals surface area contributed by atoms with Gasteiger partial charge < -0.3 is 14.8 Å². The quantitative estimate of drug-likeness (QED) is 0.835. The normalized spacial score (nSPS) is 18.8. The van der Waals surface area contributed by atoms with Gasteiger partial charge in [0.1, 0.15) is 0 Å². The number of rotatable bonds is 5. The summed E-state index contributed by atoms with van der Waals surface area (Å²) in [6.45, 7) is 3.37. The summed E-state index contributed by atoms with van der Waals surface area (Å²) >= 11 is 0. The van der Waals surface area contributed by atoms with Gasteiger partial charge in [-0.25, -0.2) is 8.42 Å². The van der Waals surface area contributed by atoms with Crippen molar-refractivity contribution in [3.8, 4) is 0 Å².